The molecule has 2 heteroatoms. The van der Waals surface area contributed by atoms with Crippen LogP contribution in [0.5, 0.6) is 0 Å². The summed E-state index contributed by atoms with van der Waals surface area (Å²) in [5.41, 5.74) is 6.08. The summed E-state index contributed by atoms with van der Waals surface area (Å²) in [6.07, 6.45) is 3.85. The summed E-state index contributed by atoms with van der Waals surface area (Å²) >= 11 is 0. The van der Waals surface area contributed by atoms with Crippen molar-refractivity contribution in [2.24, 2.45) is 0 Å². The molecule has 0 N–H and O–H groups in total. The minimum atomic E-state index is -0.00676. The average Bonchev–Trinajstić information content (AvgIpc) is 2.58. The standard InChI is InChI=1S/C17H20N2/c1-16(2,3)11-9-13-15(19-10-11)14-12(17(13,4)5)7-6-8-18-14/h6-10H,1-5H3. The van der Waals surface area contributed by atoms with Crippen LogP contribution in [0.15, 0.2) is 30.6 Å². The van der Waals surface area contributed by atoms with Gasteiger partial charge in [-0.25, -0.2) is 0 Å². The number of aromatic nitrogens is 2. The molecule has 1 aliphatic rings. The number of nitrogens with zero attached hydrogens (tertiary/aromatic N) is 2. The molecule has 0 spiro atoms. The maximum Gasteiger partial charge on any atom is 0.0930 e. The summed E-state index contributed by atoms with van der Waals surface area (Å²) in [6.45, 7) is 11.2. The van der Waals surface area contributed by atoms with Crippen LogP contribution in [0.2, 0.25) is 0 Å². The number of fused-ring (bicyclic) bond motifs is 3. The van der Waals surface area contributed by atoms with E-state index in [0.717, 1.165) is 11.4 Å². The van der Waals surface area contributed by atoms with Crippen molar-refractivity contribution in [2.45, 2.75) is 45.4 Å². The normalized spacial score (nSPS) is 16.1. The second-order valence-corrected chi connectivity index (χ2v) is 6.89. The van der Waals surface area contributed by atoms with Crippen LogP contribution in [0.1, 0.15) is 51.3 Å². The third-order valence-electron chi connectivity index (χ3n) is 4.13. The Morgan fingerprint density at radius 3 is 2.37 bits per heavy atom. The zero-order valence-corrected chi connectivity index (χ0v) is 12.3. The van der Waals surface area contributed by atoms with Crippen molar-refractivity contribution in [1.82, 2.24) is 9.97 Å². The van der Waals surface area contributed by atoms with Crippen LogP contribution in [0, 0.1) is 0 Å². The molecule has 0 radical (unpaired) electrons. The molecule has 3 rings (SSSR count). The van der Waals surface area contributed by atoms with E-state index < -0.39 is 0 Å². The van der Waals surface area contributed by atoms with Gasteiger partial charge in [0.25, 0.3) is 0 Å². The van der Waals surface area contributed by atoms with Crippen molar-refractivity contribution in [3.05, 3.63) is 47.3 Å². The van der Waals surface area contributed by atoms with Gasteiger partial charge in [0, 0.05) is 17.8 Å². The lowest BCUT2D eigenvalue weighted by molar-refractivity contribution is 0.581. The Hall–Kier alpha value is -1.70. The highest BCUT2D eigenvalue weighted by atomic mass is 14.8. The van der Waals surface area contributed by atoms with Gasteiger partial charge >= 0.3 is 0 Å². The van der Waals surface area contributed by atoms with Crippen LogP contribution in [0.4, 0.5) is 0 Å². The largest absolute Gasteiger partial charge is 0.254 e. The monoisotopic (exact) mass is 252 g/mol. The van der Waals surface area contributed by atoms with E-state index in [9.17, 15) is 0 Å². The molecule has 2 heterocycles. The Bertz CT molecular complexity index is 649. The highest BCUT2D eigenvalue weighted by molar-refractivity contribution is 5.74. The van der Waals surface area contributed by atoms with E-state index in [1.807, 2.05) is 18.5 Å². The van der Waals surface area contributed by atoms with Gasteiger partial charge in [-0.3, -0.25) is 9.97 Å². The smallest absolute Gasteiger partial charge is 0.0930 e. The van der Waals surface area contributed by atoms with E-state index in [4.69, 9.17) is 4.98 Å². The molecule has 1 aliphatic carbocycles. The zero-order valence-electron chi connectivity index (χ0n) is 12.3. The second kappa shape index (κ2) is 3.66. The average molecular weight is 252 g/mol. The quantitative estimate of drug-likeness (QED) is 0.706. The van der Waals surface area contributed by atoms with Gasteiger partial charge in [0.15, 0.2) is 0 Å². The minimum absolute atomic E-state index is 0.00676. The van der Waals surface area contributed by atoms with Gasteiger partial charge in [0.05, 0.1) is 11.4 Å². The van der Waals surface area contributed by atoms with Crippen LogP contribution < -0.4 is 0 Å². The fourth-order valence-corrected chi connectivity index (χ4v) is 2.78. The lowest BCUT2D eigenvalue weighted by Gasteiger charge is -2.24. The summed E-state index contributed by atoms with van der Waals surface area (Å²) in [6, 6.07) is 6.49. The van der Waals surface area contributed by atoms with Crippen molar-refractivity contribution in [2.75, 3.05) is 0 Å². The SMILES string of the molecule is CC(C)(C)c1cnc2c(c1)C(C)(C)c1cccnc1-2. The maximum atomic E-state index is 4.70. The van der Waals surface area contributed by atoms with E-state index in [0.29, 0.717) is 0 Å². The lowest BCUT2D eigenvalue weighted by Crippen LogP contribution is -2.18. The molecule has 2 aromatic heterocycles. The third kappa shape index (κ3) is 1.70. The van der Waals surface area contributed by atoms with Crippen molar-refractivity contribution in [3.63, 3.8) is 0 Å². The van der Waals surface area contributed by atoms with E-state index in [2.05, 4.69) is 51.7 Å². The van der Waals surface area contributed by atoms with Gasteiger partial charge in [0.1, 0.15) is 0 Å². The van der Waals surface area contributed by atoms with Gasteiger partial charge in [-0.1, -0.05) is 46.8 Å². The first-order chi connectivity index (χ1) is 8.82. The first kappa shape index (κ1) is 12.3. The summed E-state index contributed by atoms with van der Waals surface area (Å²) < 4.78 is 0. The van der Waals surface area contributed by atoms with Crippen LogP contribution in [0.3, 0.4) is 0 Å². The van der Waals surface area contributed by atoms with Crippen molar-refractivity contribution in [3.8, 4) is 11.4 Å². The van der Waals surface area contributed by atoms with Gasteiger partial charge in [-0.2, -0.15) is 0 Å². The first-order valence-corrected chi connectivity index (χ1v) is 6.78. The molecule has 0 fully saturated rings. The Morgan fingerprint density at radius 2 is 1.68 bits per heavy atom. The molecular formula is C17H20N2. The van der Waals surface area contributed by atoms with Crippen LogP contribution in [-0.4, -0.2) is 9.97 Å². The van der Waals surface area contributed by atoms with Gasteiger partial charge in [-0.05, 0) is 28.2 Å². The summed E-state index contributed by atoms with van der Waals surface area (Å²) in [5, 5.41) is 0. The number of hydrogen-bond donors (Lipinski definition) is 0. The summed E-state index contributed by atoms with van der Waals surface area (Å²) in [7, 11) is 0. The summed E-state index contributed by atoms with van der Waals surface area (Å²) in [5.74, 6) is 0. The van der Waals surface area contributed by atoms with Crippen LogP contribution in [-0.2, 0) is 10.8 Å². The van der Waals surface area contributed by atoms with E-state index in [1.54, 1.807) is 0 Å². The predicted octanol–water partition coefficient (Wildman–Crippen LogP) is 4.08. The number of hydrogen-bond acceptors (Lipinski definition) is 2. The molecule has 0 amide bonds. The summed E-state index contributed by atoms with van der Waals surface area (Å²) in [4.78, 5) is 9.23. The maximum absolute atomic E-state index is 4.70. The molecule has 98 valence electrons. The van der Waals surface area contributed by atoms with Gasteiger partial charge in [-0.15, -0.1) is 0 Å². The van der Waals surface area contributed by atoms with E-state index in [-0.39, 0.29) is 10.8 Å². The Kier molecular flexibility index (Phi) is 2.38. The Morgan fingerprint density at radius 1 is 1.00 bits per heavy atom. The highest BCUT2D eigenvalue weighted by Crippen LogP contribution is 2.47. The lowest BCUT2D eigenvalue weighted by atomic mass is 9.80. The highest BCUT2D eigenvalue weighted by Gasteiger charge is 2.38. The number of rotatable bonds is 0. The van der Waals surface area contributed by atoms with Crippen LogP contribution in [0.25, 0.3) is 11.4 Å². The fraction of sp³-hybridized carbons (Fsp3) is 0.412. The predicted molar refractivity (Wildman–Crippen MR) is 78.3 cm³/mol. The minimum Gasteiger partial charge on any atom is -0.254 e. The number of pyridine rings is 2. The van der Waals surface area contributed by atoms with Crippen molar-refractivity contribution < 1.29 is 0 Å². The molecular weight excluding hydrogens is 232 g/mol. The van der Waals surface area contributed by atoms with Gasteiger partial charge < -0.3 is 0 Å². The molecule has 0 bridgehead atoms. The molecule has 0 saturated carbocycles. The van der Waals surface area contributed by atoms with E-state index in [1.165, 1.54) is 16.7 Å². The molecule has 0 atom stereocenters. The van der Waals surface area contributed by atoms with E-state index >= 15 is 0 Å². The topological polar surface area (TPSA) is 25.8 Å². The molecule has 2 nitrogen and oxygen atoms in total. The first-order valence-electron chi connectivity index (χ1n) is 6.78. The zero-order chi connectivity index (χ0) is 13.8. The van der Waals surface area contributed by atoms with Crippen molar-refractivity contribution >= 4 is 0 Å². The molecule has 0 saturated heterocycles. The third-order valence-corrected chi connectivity index (χ3v) is 4.13. The molecule has 0 aromatic carbocycles. The Labute approximate surface area is 114 Å². The van der Waals surface area contributed by atoms with Gasteiger partial charge in [0.2, 0.25) is 0 Å². The molecule has 2 aromatic rings. The Balaban J connectivity index is 2.27. The fourth-order valence-electron chi connectivity index (χ4n) is 2.78. The van der Waals surface area contributed by atoms with Crippen LogP contribution >= 0.6 is 0 Å². The second-order valence-electron chi connectivity index (χ2n) is 6.89. The molecule has 0 aliphatic heterocycles. The molecule has 0 unspecified atom stereocenters. The van der Waals surface area contributed by atoms with Crippen molar-refractivity contribution in [1.29, 1.82) is 0 Å². The molecule has 19 heavy (non-hydrogen) atoms.